The fourth-order valence-electron chi connectivity index (χ4n) is 5.48. The maximum atomic E-state index is 12.8. The first kappa shape index (κ1) is 16.2. The van der Waals surface area contributed by atoms with Gasteiger partial charge in [0.15, 0.2) is 5.78 Å². The van der Waals surface area contributed by atoms with Gasteiger partial charge in [0.05, 0.1) is 26.1 Å². The molecule has 0 aliphatic heterocycles. The van der Waals surface area contributed by atoms with E-state index >= 15 is 0 Å². The van der Waals surface area contributed by atoms with Gasteiger partial charge < -0.3 is 9.47 Å². The molecule has 0 saturated heterocycles. The summed E-state index contributed by atoms with van der Waals surface area (Å²) in [4.78, 5) is 37.5. The average Bonchev–Trinajstić information content (AvgIpc) is 3.12. The van der Waals surface area contributed by atoms with Crippen LogP contribution in [0.4, 0.5) is 0 Å². The second-order valence-corrected chi connectivity index (χ2v) is 7.28. The first-order chi connectivity index (χ1) is 10.9. The lowest BCUT2D eigenvalue weighted by Gasteiger charge is -2.40. The molecule has 0 radical (unpaired) electrons. The third kappa shape index (κ3) is 2.01. The molecule has 0 N–H and O–H groups in total. The Morgan fingerprint density at radius 2 is 1.91 bits per heavy atom. The molecule has 0 unspecified atom stereocenters. The summed E-state index contributed by atoms with van der Waals surface area (Å²) in [5.41, 5.74) is 0.345. The van der Waals surface area contributed by atoms with Crippen LogP contribution in [0.25, 0.3) is 0 Å². The van der Waals surface area contributed by atoms with Gasteiger partial charge in [0.25, 0.3) is 0 Å². The smallest absolute Gasteiger partial charge is 0.310 e. The lowest BCUT2D eigenvalue weighted by molar-refractivity contribution is -0.166. The van der Waals surface area contributed by atoms with Crippen molar-refractivity contribution in [2.24, 2.45) is 35.0 Å². The molecule has 0 aromatic carbocycles. The highest BCUT2D eigenvalue weighted by atomic mass is 16.5. The highest BCUT2D eigenvalue weighted by Crippen LogP contribution is 2.68. The quantitative estimate of drug-likeness (QED) is 0.742. The minimum absolute atomic E-state index is 0.0140. The molecule has 2 fully saturated rings. The molecule has 5 heteroatoms. The Hall–Kier alpha value is -1.65. The second-order valence-electron chi connectivity index (χ2n) is 7.28. The number of methoxy groups -OCH3 is 2. The minimum Gasteiger partial charge on any atom is -0.469 e. The average molecular weight is 320 g/mol. The first-order valence-electron chi connectivity index (χ1n) is 8.31. The molecule has 0 amide bonds. The summed E-state index contributed by atoms with van der Waals surface area (Å²) in [7, 11) is 2.68. The molecule has 0 aromatic heterocycles. The summed E-state index contributed by atoms with van der Waals surface area (Å²) in [6, 6.07) is 0. The maximum absolute atomic E-state index is 12.8. The van der Waals surface area contributed by atoms with E-state index in [2.05, 4.69) is 6.08 Å². The van der Waals surface area contributed by atoms with Crippen molar-refractivity contribution in [1.29, 1.82) is 0 Å². The number of ketones is 1. The number of hydrogen-bond donors (Lipinski definition) is 0. The molecule has 0 heterocycles. The number of esters is 2. The minimum atomic E-state index is -0.593. The van der Waals surface area contributed by atoms with E-state index in [1.807, 2.05) is 13.8 Å². The van der Waals surface area contributed by atoms with Crippen LogP contribution in [0, 0.1) is 35.0 Å². The molecule has 6 atom stereocenters. The zero-order valence-electron chi connectivity index (χ0n) is 14.1. The number of hydrogen-bond acceptors (Lipinski definition) is 5. The van der Waals surface area contributed by atoms with Gasteiger partial charge in [-0.3, -0.25) is 14.4 Å². The predicted octanol–water partition coefficient (Wildman–Crippen LogP) is 2.15. The molecule has 5 nitrogen and oxygen atoms in total. The van der Waals surface area contributed by atoms with E-state index in [0.717, 1.165) is 18.4 Å². The zero-order valence-corrected chi connectivity index (χ0v) is 14.1. The van der Waals surface area contributed by atoms with Gasteiger partial charge in [-0.15, -0.1) is 0 Å². The van der Waals surface area contributed by atoms with Crippen LogP contribution in [-0.2, 0) is 23.9 Å². The van der Waals surface area contributed by atoms with Gasteiger partial charge in [-0.25, -0.2) is 0 Å². The van der Waals surface area contributed by atoms with Crippen molar-refractivity contribution in [3.63, 3.8) is 0 Å². The van der Waals surface area contributed by atoms with Gasteiger partial charge in [0.2, 0.25) is 0 Å². The number of carbonyl (C=O) groups excluding carboxylic acids is 3. The Kier molecular flexibility index (Phi) is 3.85. The van der Waals surface area contributed by atoms with E-state index in [1.54, 1.807) is 0 Å². The number of ether oxygens (including phenoxy) is 2. The maximum Gasteiger partial charge on any atom is 0.310 e. The molecule has 3 aliphatic rings. The van der Waals surface area contributed by atoms with Crippen molar-refractivity contribution in [3.05, 3.63) is 11.6 Å². The van der Waals surface area contributed by atoms with Crippen molar-refractivity contribution in [3.8, 4) is 0 Å². The van der Waals surface area contributed by atoms with Crippen LogP contribution in [0.2, 0.25) is 0 Å². The molecule has 0 spiro atoms. The number of fused-ring (bicyclic) bond motifs is 5. The molecule has 0 aromatic rings. The highest BCUT2D eigenvalue weighted by molar-refractivity contribution is 6.02. The van der Waals surface area contributed by atoms with Gasteiger partial charge in [-0.1, -0.05) is 26.3 Å². The van der Waals surface area contributed by atoms with E-state index in [9.17, 15) is 14.4 Å². The predicted molar refractivity (Wildman–Crippen MR) is 82.2 cm³/mol. The molecule has 3 rings (SSSR count). The fraction of sp³-hybridized carbons (Fsp3) is 0.722. The summed E-state index contributed by atoms with van der Waals surface area (Å²) >= 11 is 0. The Bertz CT molecular complexity index is 592. The number of rotatable bonds is 4. The molecule has 126 valence electrons. The van der Waals surface area contributed by atoms with Crippen LogP contribution in [0.1, 0.15) is 33.1 Å². The Morgan fingerprint density at radius 3 is 2.48 bits per heavy atom. The van der Waals surface area contributed by atoms with E-state index in [4.69, 9.17) is 9.47 Å². The Morgan fingerprint density at radius 1 is 1.26 bits per heavy atom. The topological polar surface area (TPSA) is 69.7 Å². The summed E-state index contributed by atoms with van der Waals surface area (Å²) in [6.07, 6.45) is 4.44. The van der Waals surface area contributed by atoms with E-state index in [1.165, 1.54) is 14.2 Å². The van der Waals surface area contributed by atoms with E-state index in [-0.39, 0.29) is 29.5 Å². The van der Waals surface area contributed by atoms with E-state index in [0.29, 0.717) is 6.42 Å². The van der Waals surface area contributed by atoms with Gasteiger partial charge in [-0.2, -0.15) is 0 Å². The summed E-state index contributed by atoms with van der Waals surface area (Å²) in [5.74, 6) is -1.86. The van der Waals surface area contributed by atoms with E-state index < -0.39 is 23.2 Å². The van der Waals surface area contributed by atoms with Crippen LogP contribution in [-0.4, -0.2) is 31.9 Å². The third-order valence-corrected chi connectivity index (χ3v) is 6.24. The molecular formula is C18H24O5. The molecule has 2 bridgehead atoms. The highest BCUT2D eigenvalue weighted by Gasteiger charge is 2.71. The third-order valence-electron chi connectivity index (χ3n) is 6.24. The Balaban J connectivity index is 2.03. The monoisotopic (exact) mass is 320 g/mol. The van der Waals surface area contributed by atoms with Crippen molar-refractivity contribution < 1.29 is 23.9 Å². The van der Waals surface area contributed by atoms with Crippen molar-refractivity contribution in [2.45, 2.75) is 33.1 Å². The van der Waals surface area contributed by atoms with Gasteiger partial charge in [-0.05, 0) is 35.7 Å². The zero-order chi connectivity index (χ0) is 16.9. The van der Waals surface area contributed by atoms with Gasteiger partial charge in [0.1, 0.15) is 0 Å². The van der Waals surface area contributed by atoms with Crippen molar-refractivity contribution in [1.82, 2.24) is 0 Å². The lowest BCUT2D eigenvalue weighted by atomic mass is 9.62. The molecule has 3 aliphatic carbocycles. The summed E-state index contributed by atoms with van der Waals surface area (Å²) in [5, 5.41) is 0. The number of Topliss-reactive ketones (excluding diaryl/α,β-unsaturated/α-hetero) is 1. The molecule has 23 heavy (non-hydrogen) atoms. The molecular weight excluding hydrogens is 296 g/mol. The number of allylic oxidation sites excluding steroid dienone is 2. The lowest BCUT2D eigenvalue weighted by Crippen LogP contribution is -2.48. The van der Waals surface area contributed by atoms with Gasteiger partial charge >= 0.3 is 11.9 Å². The SMILES string of the molecule is CCCC1=C[C@@H]2[C@@H]3C[C@](C)([C@@H]2C1=O)[C@H](C(=O)OC)[C@@H]3C(=O)OC. The fourth-order valence-corrected chi connectivity index (χ4v) is 5.48. The van der Waals surface area contributed by atoms with Crippen LogP contribution in [0.15, 0.2) is 11.6 Å². The van der Waals surface area contributed by atoms with Crippen molar-refractivity contribution in [2.75, 3.05) is 14.2 Å². The van der Waals surface area contributed by atoms with Crippen LogP contribution < -0.4 is 0 Å². The molecule has 2 saturated carbocycles. The van der Waals surface area contributed by atoms with Crippen LogP contribution in [0.3, 0.4) is 0 Å². The van der Waals surface area contributed by atoms with Crippen LogP contribution in [0.5, 0.6) is 0 Å². The van der Waals surface area contributed by atoms with Gasteiger partial charge in [0, 0.05) is 5.92 Å². The first-order valence-corrected chi connectivity index (χ1v) is 8.31. The second kappa shape index (κ2) is 5.46. The number of carbonyl (C=O) groups is 3. The van der Waals surface area contributed by atoms with Crippen LogP contribution >= 0.6 is 0 Å². The Labute approximate surface area is 136 Å². The van der Waals surface area contributed by atoms with Crippen molar-refractivity contribution >= 4 is 17.7 Å². The summed E-state index contributed by atoms with van der Waals surface area (Å²) in [6.45, 7) is 4.02. The normalized spacial score (nSPS) is 40.8. The standard InChI is InChI=1S/C18H24O5/c1-5-6-9-7-10-11-8-18(2,13(10)15(9)19)14(17(21)23-4)12(11)16(20)22-3/h7,10-14H,5-6,8H2,1-4H3/t10-,11+,12-,13+,14+,18-/m1/s1. The largest absolute Gasteiger partial charge is 0.469 e. The summed E-state index contributed by atoms with van der Waals surface area (Å²) < 4.78 is 9.91.